The van der Waals surface area contributed by atoms with Crippen LogP contribution in [0.3, 0.4) is 0 Å². The SMILES string of the molecule is CC(O)(CC(=O)O)C(N)C(=O)O. The lowest BCUT2D eigenvalue weighted by atomic mass is 9.93. The van der Waals surface area contributed by atoms with E-state index in [0.29, 0.717) is 0 Å². The number of nitrogens with two attached hydrogens (primary N) is 1. The molecule has 0 heterocycles. The summed E-state index contributed by atoms with van der Waals surface area (Å²) in [6.07, 6.45) is -0.694. The van der Waals surface area contributed by atoms with E-state index < -0.39 is 30.0 Å². The second-order valence-electron chi connectivity index (χ2n) is 2.74. The minimum Gasteiger partial charge on any atom is -0.481 e. The van der Waals surface area contributed by atoms with Gasteiger partial charge in [-0.05, 0) is 6.92 Å². The highest BCUT2D eigenvalue weighted by Crippen LogP contribution is 2.13. The topological polar surface area (TPSA) is 121 Å². The molecule has 0 radical (unpaired) electrons. The third kappa shape index (κ3) is 2.85. The van der Waals surface area contributed by atoms with Crippen molar-refractivity contribution in [2.75, 3.05) is 0 Å². The van der Waals surface area contributed by atoms with E-state index in [-0.39, 0.29) is 0 Å². The van der Waals surface area contributed by atoms with E-state index >= 15 is 0 Å². The van der Waals surface area contributed by atoms with Gasteiger partial charge in [0, 0.05) is 0 Å². The minimum atomic E-state index is -1.92. The van der Waals surface area contributed by atoms with Crippen LogP contribution in [0, 0.1) is 0 Å². The fourth-order valence-electron chi connectivity index (χ4n) is 0.682. The van der Waals surface area contributed by atoms with Crippen LogP contribution in [0.4, 0.5) is 0 Å². The van der Waals surface area contributed by atoms with Gasteiger partial charge in [-0.2, -0.15) is 0 Å². The molecule has 0 amide bonds. The van der Waals surface area contributed by atoms with Crippen molar-refractivity contribution in [2.45, 2.75) is 25.0 Å². The molecule has 0 saturated heterocycles. The third-order valence-corrected chi connectivity index (χ3v) is 1.45. The predicted molar refractivity (Wildman–Crippen MR) is 38.5 cm³/mol. The van der Waals surface area contributed by atoms with Gasteiger partial charge >= 0.3 is 11.9 Å². The molecule has 2 atom stereocenters. The van der Waals surface area contributed by atoms with Gasteiger partial charge in [0.2, 0.25) is 0 Å². The number of hydrogen-bond donors (Lipinski definition) is 4. The first-order valence-electron chi connectivity index (χ1n) is 3.20. The number of aliphatic hydroxyl groups is 1. The summed E-state index contributed by atoms with van der Waals surface area (Å²) in [4.78, 5) is 20.4. The molecule has 6 heteroatoms. The molecular formula is C6H11NO5. The molecule has 12 heavy (non-hydrogen) atoms. The number of carboxylic acid groups (broad SMARTS) is 2. The van der Waals surface area contributed by atoms with Crippen LogP contribution in [0.5, 0.6) is 0 Å². The van der Waals surface area contributed by atoms with Gasteiger partial charge in [0.15, 0.2) is 0 Å². The van der Waals surface area contributed by atoms with Crippen LogP contribution in [0.1, 0.15) is 13.3 Å². The van der Waals surface area contributed by atoms with Crippen LogP contribution in [0.2, 0.25) is 0 Å². The molecule has 2 unspecified atom stereocenters. The molecule has 0 fully saturated rings. The molecule has 0 aromatic rings. The van der Waals surface area contributed by atoms with E-state index in [1.165, 1.54) is 0 Å². The maximum atomic E-state index is 10.2. The summed E-state index contributed by atoms with van der Waals surface area (Å²) >= 11 is 0. The molecule has 0 aliphatic rings. The summed E-state index contributed by atoms with van der Waals surface area (Å²) in [6, 6.07) is -1.59. The first-order chi connectivity index (χ1) is 5.27. The summed E-state index contributed by atoms with van der Waals surface area (Å²) in [5.41, 5.74) is 3.11. The molecule has 5 N–H and O–H groups in total. The Kier molecular flexibility index (Phi) is 3.17. The highest BCUT2D eigenvalue weighted by molar-refractivity contribution is 5.77. The molecule has 0 saturated carbocycles. The largest absolute Gasteiger partial charge is 0.481 e. The molecule has 0 aromatic carbocycles. The van der Waals surface area contributed by atoms with E-state index in [0.717, 1.165) is 6.92 Å². The second kappa shape index (κ2) is 3.51. The fourth-order valence-corrected chi connectivity index (χ4v) is 0.682. The molecule has 70 valence electrons. The molecule has 0 spiro atoms. The van der Waals surface area contributed by atoms with Gasteiger partial charge in [0.1, 0.15) is 6.04 Å². The molecule has 0 bridgehead atoms. The average Bonchev–Trinajstić information content (AvgIpc) is 1.82. The first kappa shape index (κ1) is 10.9. The lowest BCUT2D eigenvalue weighted by Gasteiger charge is -2.24. The molecular weight excluding hydrogens is 166 g/mol. The third-order valence-electron chi connectivity index (χ3n) is 1.45. The Bertz CT molecular complexity index is 200. The smallest absolute Gasteiger partial charge is 0.323 e. The van der Waals surface area contributed by atoms with E-state index in [9.17, 15) is 14.7 Å². The summed E-state index contributed by atoms with van der Waals surface area (Å²) in [7, 11) is 0. The van der Waals surface area contributed by atoms with Crippen molar-refractivity contribution in [1.29, 1.82) is 0 Å². The van der Waals surface area contributed by atoms with Crippen molar-refractivity contribution in [3.8, 4) is 0 Å². The van der Waals surface area contributed by atoms with Gasteiger partial charge in [-0.1, -0.05) is 0 Å². The second-order valence-corrected chi connectivity index (χ2v) is 2.74. The zero-order chi connectivity index (χ0) is 9.94. The summed E-state index contributed by atoms with van der Waals surface area (Å²) in [5, 5.41) is 25.9. The summed E-state index contributed by atoms with van der Waals surface area (Å²) in [6.45, 7) is 1.07. The maximum absolute atomic E-state index is 10.2. The van der Waals surface area contributed by atoms with Gasteiger partial charge in [0.05, 0.1) is 12.0 Å². The highest BCUT2D eigenvalue weighted by Gasteiger charge is 2.36. The van der Waals surface area contributed by atoms with Gasteiger partial charge in [-0.15, -0.1) is 0 Å². The normalized spacial score (nSPS) is 17.9. The molecule has 0 rings (SSSR count). The van der Waals surface area contributed by atoms with Gasteiger partial charge in [-0.3, -0.25) is 9.59 Å². The van der Waals surface area contributed by atoms with Gasteiger partial charge < -0.3 is 21.1 Å². The number of carbonyl (C=O) groups is 2. The van der Waals surface area contributed by atoms with Crippen LogP contribution in [0.15, 0.2) is 0 Å². The predicted octanol–water partition coefficient (Wildman–Crippen LogP) is -1.38. The fraction of sp³-hybridized carbons (Fsp3) is 0.667. The van der Waals surface area contributed by atoms with Crippen LogP contribution in [-0.2, 0) is 9.59 Å². The Labute approximate surface area is 68.6 Å². The zero-order valence-electron chi connectivity index (χ0n) is 6.52. The van der Waals surface area contributed by atoms with Crippen molar-refractivity contribution in [3.05, 3.63) is 0 Å². The van der Waals surface area contributed by atoms with E-state index in [4.69, 9.17) is 15.9 Å². The van der Waals surface area contributed by atoms with Crippen LogP contribution >= 0.6 is 0 Å². The van der Waals surface area contributed by atoms with Crippen LogP contribution in [0.25, 0.3) is 0 Å². The maximum Gasteiger partial charge on any atom is 0.323 e. The lowest BCUT2D eigenvalue weighted by molar-refractivity contribution is -0.149. The number of carboxylic acids is 2. The minimum absolute atomic E-state index is 0.694. The molecule has 0 aliphatic heterocycles. The number of aliphatic carboxylic acids is 2. The van der Waals surface area contributed by atoms with Crippen molar-refractivity contribution in [3.63, 3.8) is 0 Å². The number of hydrogen-bond acceptors (Lipinski definition) is 4. The molecule has 0 aliphatic carbocycles. The Balaban J connectivity index is 4.38. The molecule has 6 nitrogen and oxygen atoms in total. The lowest BCUT2D eigenvalue weighted by Crippen LogP contribution is -2.51. The van der Waals surface area contributed by atoms with Crippen molar-refractivity contribution in [1.82, 2.24) is 0 Å². The number of rotatable bonds is 4. The monoisotopic (exact) mass is 177 g/mol. The van der Waals surface area contributed by atoms with Crippen LogP contribution in [-0.4, -0.2) is 38.9 Å². The first-order valence-corrected chi connectivity index (χ1v) is 3.20. The van der Waals surface area contributed by atoms with Gasteiger partial charge in [0.25, 0.3) is 0 Å². The van der Waals surface area contributed by atoms with E-state index in [1.807, 2.05) is 0 Å². The average molecular weight is 177 g/mol. The van der Waals surface area contributed by atoms with E-state index in [2.05, 4.69) is 0 Å². The van der Waals surface area contributed by atoms with Crippen LogP contribution < -0.4 is 5.73 Å². The Morgan fingerprint density at radius 2 is 1.92 bits per heavy atom. The van der Waals surface area contributed by atoms with Crippen molar-refractivity contribution < 1.29 is 24.9 Å². The van der Waals surface area contributed by atoms with Gasteiger partial charge in [-0.25, -0.2) is 0 Å². The Morgan fingerprint density at radius 3 is 2.17 bits per heavy atom. The van der Waals surface area contributed by atoms with Crippen molar-refractivity contribution in [2.24, 2.45) is 5.73 Å². The zero-order valence-corrected chi connectivity index (χ0v) is 6.52. The Hall–Kier alpha value is -1.14. The molecule has 0 aromatic heterocycles. The standard InChI is InChI=1S/C6H11NO5/c1-6(12,2-3(8)9)4(7)5(10)11/h4,12H,2,7H2,1H3,(H,8,9)(H,10,11). The Morgan fingerprint density at radius 1 is 1.50 bits per heavy atom. The summed E-state index contributed by atoms with van der Waals surface area (Å²) < 4.78 is 0. The summed E-state index contributed by atoms with van der Waals surface area (Å²) in [5.74, 6) is -2.72. The van der Waals surface area contributed by atoms with E-state index in [1.54, 1.807) is 0 Å². The quantitative estimate of drug-likeness (QED) is 0.420. The van der Waals surface area contributed by atoms with Crippen molar-refractivity contribution >= 4 is 11.9 Å². The highest BCUT2D eigenvalue weighted by atomic mass is 16.4.